The highest BCUT2D eigenvalue weighted by molar-refractivity contribution is 5.33. The molecule has 2 aromatic rings. The summed E-state index contributed by atoms with van der Waals surface area (Å²) < 4.78 is 11.4. The largest absolute Gasteiger partial charge is 0.489 e. The minimum absolute atomic E-state index is 0.602. The van der Waals surface area contributed by atoms with E-state index in [1.807, 2.05) is 12.1 Å². The normalized spacial score (nSPS) is 15.2. The minimum atomic E-state index is 0.602. The molecule has 1 heterocycles. The molecule has 0 atom stereocenters. The summed E-state index contributed by atoms with van der Waals surface area (Å²) in [5.74, 6) is 0.960. The Kier molecular flexibility index (Phi) is 6.86. The van der Waals surface area contributed by atoms with E-state index in [0.717, 1.165) is 51.7 Å². The molecule has 0 aromatic heterocycles. The molecule has 1 fully saturated rings. The van der Waals surface area contributed by atoms with Crippen molar-refractivity contribution in [3.63, 3.8) is 0 Å². The first-order chi connectivity index (χ1) is 12.3. The van der Waals surface area contributed by atoms with E-state index in [9.17, 15) is 0 Å². The van der Waals surface area contributed by atoms with E-state index in [0.29, 0.717) is 6.61 Å². The summed E-state index contributed by atoms with van der Waals surface area (Å²) in [7, 11) is 0. The third kappa shape index (κ3) is 5.85. The molecule has 1 saturated heterocycles. The van der Waals surface area contributed by atoms with Gasteiger partial charge in [0.25, 0.3) is 0 Å². The smallest absolute Gasteiger partial charge is 0.124 e. The van der Waals surface area contributed by atoms with Crippen LogP contribution in [-0.4, -0.2) is 44.3 Å². The van der Waals surface area contributed by atoms with Crippen LogP contribution < -0.4 is 10.1 Å². The number of aryl methyl sites for hydroxylation is 1. The highest BCUT2D eigenvalue weighted by Gasteiger charge is 2.09. The van der Waals surface area contributed by atoms with Crippen molar-refractivity contribution in [2.45, 2.75) is 20.1 Å². The van der Waals surface area contributed by atoms with Crippen LogP contribution >= 0.6 is 0 Å². The maximum absolute atomic E-state index is 6.04. The summed E-state index contributed by atoms with van der Waals surface area (Å²) in [5.41, 5.74) is 3.67. The second-order valence-electron chi connectivity index (χ2n) is 6.51. The zero-order valence-electron chi connectivity index (χ0n) is 15.0. The van der Waals surface area contributed by atoms with Crippen LogP contribution in [0.25, 0.3) is 0 Å². The Morgan fingerprint density at radius 1 is 1.04 bits per heavy atom. The molecule has 0 bridgehead atoms. The lowest BCUT2D eigenvalue weighted by molar-refractivity contribution is 0.0384. The summed E-state index contributed by atoms with van der Waals surface area (Å²) in [4.78, 5) is 2.44. The van der Waals surface area contributed by atoms with Crippen molar-refractivity contribution in [3.8, 4) is 5.75 Å². The molecule has 0 unspecified atom stereocenters. The Balaban J connectivity index is 1.45. The number of hydrogen-bond donors (Lipinski definition) is 1. The molecule has 0 aliphatic carbocycles. The van der Waals surface area contributed by atoms with E-state index in [2.05, 4.69) is 53.5 Å². The molecule has 0 saturated carbocycles. The summed E-state index contributed by atoms with van der Waals surface area (Å²) in [5, 5.41) is 3.53. The van der Waals surface area contributed by atoms with Gasteiger partial charge in [0.1, 0.15) is 12.4 Å². The van der Waals surface area contributed by atoms with Crippen LogP contribution in [0.5, 0.6) is 5.75 Å². The van der Waals surface area contributed by atoms with Gasteiger partial charge in [-0.2, -0.15) is 0 Å². The van der Waals surface area contributed by atoms with Crippen molar-refractivity contribution in [1.82, 2.24) is 10.2 Å². The highest BCUT2D eigenvalue weighted by atomic mass is 16.5. The number of hydrogen-bond acceptors (Lipinski definition) is 4. The van der Waals surface area contributed by atoms with E-state index < -0.39 is 0 Å². The van der Waals surface area contributed by atoms with Gasteiger partial charge in [-0.3, -0.25) is 4.90 Å². The van der Waals surface area contributed by atoms with E-state index in [4.69, 9.17) is 9.47 Å². The van der Waals surface area contributed by atoms with Crippen molar-refractivity contribution in [2.24, 2.45) is 0 Å². The van der Waals surface area contributed by atoms with Gasteiger partial charge in [-0.25, -0.2) is 0 Å². The SMILES string of the molecule is Cc1ccc(COc2ccccc2CNCCN2CCOCC2)cc1. The van der Waals surface area contributed by atoms with Gasteiger partial charge >= 0.3 is 0 Å². The number of para-hydroxylation sites is 1. The van der Waals surface area contributed by atoms with Gasteiger partial charge in [-0.05, 0) is 18.6 Å². The molecule has 0 amide bonds. The molecule has 0 radical (unpaired) electrons. The zero-order chi connectivity index (χ0) is 17.3. The lowest BCUT2D eigenvalue weighted by Gasteiger charge is -2.26. The fourth-order valence-electron chi connectivity index (χ4n) is 2.92. The van der Waals surface area contributed by atoms with Crippen molar-refractivity contribution >= 4 is 0 Å². The average Bonchev–Trinajstić information content (AvgIpc) is 2.66. The second kappa shape index (κ2) is 9.56. The predicted molar refractivity (Wildman–Crippen MR) is 101 cm³/mol. The Morgan fingerprint density at radius 2 is 1.80 bits per heavy atom. The van der Waals surface area contributed by atoms with Crippen LogP contribution in [0.1, 0.15) is 16.7 Å². The van der Waals surface area contributed by atoms with Gasteiger partial charge in [-0.1, -0.05) is 48.0 Å². The predicted octanol–water partition coefficient (Wildman–Crippen LogP) is 3.00. The maximum Gasteiger partial charge on any atom is 0.124 e. The number of nitrogens with one attached hydrogen (secondary N) is 1. The summed E-state index contributed by atoms with van der Waals surface area (Å²) in [6.45, 7) is 9.37. The highest BCUT2D eigenvalue weighted by Crippen LogP contribution is 2.19. The van der Waals surface area contributed by atoms with Gasteiger partial charge in [-0.15, -0.1) is 0 Å². The second-order valence-corrected chi connectivity index (χ2v) is 6.51. The minimum Gasteiger partial charge on any atom is -0.489 e. The fraction of sp³-hybridized carbons (Fsp3) is 0.429. The van der Waals surface area contributed by atoms with E-state index in [-0.39, 0.29) is 0 Å². The van der Waals surface area contributed by atoms with E-state index >= 15 is 0 Å². The molecule has 4 nitrogen and oxygen atoms in total. The molecule has 0 spiro atoms. The number of morpholine rings is 1. The summed E-state index contributed by atoms with van der Waals surface area (Å²) in [6, 6.07) is 16.8. The van der Waals surface area contributed by atoms with Crippen molar-refractivity contribution in [1.29, 1.82) is 0 Å². The summed E-state index contributed by atoms with van der Waals surface area (Å²) >= 11 is 0. The molecule has 1 aliphatic heterocycles. The van der Waals surface area contributed by atoms with Gasteiger partial charge in [0, 0.05) is 38.3 Å². The third-order valence-electron chi connectivity index (χ3n) is 4.51. The van der Waals surface area contributed by atoms with E-state index in [1.54, 1.807) is 0 Å². The van der Waals surface area contributed by atoms with Crippen LogP contribution in [0.15, 0.2) is 48.5 Å². The standard InChI is InChI=1S/C21H28N2O2/c1-18-6-8-19(9-7-18)17-25-21-5-3-2-4-20(21)16-22-10-11-23-12-14-24-15-13-23/h2-9,22H,10-17H2,1H3. The maximum atomic E-state index is 6.04. The molecule has 25 heavy (non-hydrogen) atoms. The van der Waals surface area contributed by atoms with Crippen LogP contribution in [0.2, 0.25) is 0 Å². The first kappa shape index (κ1) is 17.9. The number of nitrogens with zero attached hydrogens (tertiary/aromatic N) is 1. The Labute approximate surface area is 150 Å². The molecule has 1 N–H and O–H groups in total. The number of benzene rings is 2. The Bertz CT molecular complexity index is 637. The molecule has 2 aromatic carbocycles. The van der Waals surface area contributed by atoms with Crippen molar-refractivity contribution < 1.29 is 9.47 Å². The lowest BCUT2D eigenvalue weighted by Crippen LogP contribution is -2.40. The molecular weight excluding hydrogens is 312 g/mol. The first-order valence-electron chi connectivity index (χ1n) is 9.08. The van der Waals surface area contributed by atoms with Crippen molar-refractivity contribution in [2.75, 3.05) is 39.4 Å². The topological polar surface area (TPSA) is 33.7 Å². The molecular formula is C21H28N2O2. The number of ether oxygens (including phenoxy) is 2. The van der Waals surface area contributed by atoms with Crippen LogP contribution in [0, 0.1) is 6.92 Å². The molecule has 134 valence electrons. The van der Waals surface area contributed by atoms with Gasteiger partial charge < -0.3 is 14.8 Å². The quantitative estimate of drug-likeness (QED) is 0.749. The monoisotopic (exact) mass is 340 g/mol. The Hall–Kier alpha value is -1.88. The summed E-state index contributed by atoms with van der Waals surface area (Å²) in [6.07, 6.45) is 0. The molecule has 4 heteroatoms. The van der Waals surface area contributed by atoms with Crippen LogP contribution in [0.4, 0.5) is 0 Å². The average molecular weight is 340 g/mol. The molecule has 3 rings (SSSR count). The van der Waals surface area contributed by atoms with Gasteiger partial charge in [0.05, 0.1) is 13.2 Å². The van der Waals surface area contributed by atoms with Crippen LogP contribution in [0.3, 0.4) is 0 Å². The van der Waals surface area contributed by atoms with Crippen LogP contribution in [-0.2, 0) is 17.9 Å². The lowest BCUT2D eigenvalue weighted by atomic mass is 10.1. The molecule has 1 aliphatic rings. The van der Waals surface area contributed by atoms with Gasteiger partial charge in [0.15, 0.2) is 0 Å². The zero-order valence-corrected chi connectivity index (χ0v) is 15.0. The van der Waals surface area contributed by atoms with Crippen molar-refractivity contribution in [3.05, 3.63) is 65.2 Å². The first-order valence-corrected chi connectivity index (χ1v) is 9.08. The third-order valence-corrected chi connectivity index (χ3v) is 4.51. The van der Waals surface area contributed by atoms with E-state index in [1.165, 1.54) is 16.7 Å². The Morgan fingerprint density at radius 3 is 2.60 bits per heavy atom. The fourth-order valence-corrected chi connectivity index (χ4v) is 2.92. The van der Waals surface area contributed by atoms with Gasteiger partial charge in [0.2, 0.25) is 0 Å². The number of rotatable bonds is 8.